The summed E-state index contributed by atoms with van der Waals surface area (Å²) in [4.78, 5) is 0. The minimum Gasteiger partial charge on any atom is -0.313 e. The summed E-state index contributed by atoms with van der Waals surface area (Å²) in [5, 5.41) is 9.19. The number of nitrogens with one attached hydrogen (secondary N) is 3. The van der Waals surface area contributed by atoms with Crippen molar-refractivity contribution in [2.75, 3.05) is 19.8 Å². The molecule has 0 aliphatic carbocycles. The molecule has 8 heteroatoms. The molecule has 0 atom stereocenters. The molecule has 0 amide bonds. The highest BCUT2D eigenvalue weighted by Gasteiger charge is 2.19. The van der Waals surface area contributed by atoms with E-state index in [0.717, 1.165) is 13.0 Å². The van der Waals surface area contributed by atoms with Gasteiger partial charge < -0.3 is 5.32 Å². The predicted molar refractivity (Wildman–Crippen MR) is 61.7 cm³/mol. The van der Waals surface area contributed by atoms with Crippen molar-refractivity contribution in [1.82, 2.24) is 20.2 Å². The van der Waals surface area contributed by atoms with Crippen LogP contribution in [0.15, 0.2) is 11.2 Å². The number of halogens is 1. The molecular weight excluding hydrogens is 247 g/mol. The smallest absolute Gasteiger partial charge is 0.257 e. The number of H-pyrrole nitrogens is 1. The van der Waals surface area contributed by atoms with Crippen LogP contribution < -0.4 is 10.0 Å². The molecule has 6 nitrogen and oxygen atoms in total. The molecule has 0 aliphatic heterocycles. The standard InChI is InChI=1S/C9H17FN4O2S/c1-2-4-11-6-8-7-12-14-9(8)17(15,16)13-5-3-10/h7,11,13H,2-6H2,1H3,(H,12,14). The highest BCUT2D eigenvalue weighted by Crippen LogP contribution is 2.11. The highest BCUT2D eigenvalue weighted by molar-refractivity contribution is 7.89. The molecule has 17 heavy (non-hydrogen) atoms. The second kappa shape index (κ2) is 6.67. The monoisotopic (exact) mass is 264 g/mol. The van der Waals surface area contributed by atoms with Crippen molar-refractivity contribution in [2.24, 2.45) is 0 Å². The minimum atomic E-state index is -3.69. The van der Waals surface area contributed by atoms with E-state index in [9.17, 15) is 12.8 Å². The van der Waals surface area contributed by atoms with Gasteiger partial charge in [-0.3, -0.25) is 5.10 Å². The van der Waals surface area contributed by atoms with Crippen molar-refractivity contribution >= 4 is 10.0 Å². The van der Waals surface area contributed by atoms with Crippen LogP contribution >= 0.6 is 0 Å². The summed E-state index contributed by atoms with van der Waals surface area (Å²) < 4.78 is 37.5. The van der Waals surface area contributed by atoms with Crippen LogP contribution in [0.1, 0.15) is 18.9 Å². The fourth-order valence-corrected chi connectivity index (χ4v) is 2.44. The average molecular weight is 264 g/mol. The Balaban J connectivity index is 2.73. The Morgan fingerprint density at radius 3 is 2.88 bits per heavy atom. The maximum atomic E-state index is 11.9. The molecule has 0 spiro atoms. The molecule has 0 bridgehead atoms. The normalized spacial score (nSPS) is 11.9. The first-order chi connectivity index (χ1) is 8.11. The molecule has 0 saturated carbocycles. The number of aromatic nitrogens is 2. The lowest BCUT2D eigenvalue weighted by Crippen LogP contribution is -2.27. The second-order valence-corrected chi connectivity index (χ2v) is 5.19. The third-order valence-corrected chi connectivity index (χ3v) is 3.55. The predicted octanol–water partition coefficient (Wildman–Crippen LogP) is 0.157. The molecule has 0 radical (unpaired) electrons. The van der Waals surface area contributed by atoms with Gasteiger partial charge in [0.2, 0.25) is 0 Å². The lowest BCUT2D eigenvalue weighted by Gasteiger charge is -2.06. The number of aromatic amines is 1. The Bertz CT molecular complexity index is 432. The number of hydrogen-bond acceptors (Lipinski definition) is 4. The first kappa shape index (κ1) is 14.1. The van der Waals surface area contributed by atoms with Gasteiger partial charge in [0.15, 0.2) is 5.03 Å². The van der Waals surface area contributed by atoms with Crippen molar-refractivity contribution in [2.45, 2.75) is 24.9 Å². The molecular formula is C9H17FN4O2S. The summed E-state index contributed by atoms with van der Waals surface area (Å²) in [6.45, 7) is 2.25. The zero-order chi connectivity index (χ0) is 12.7. The van der Waals surface area contributed by atoms with Crippen LogP contribution in [0.5, 0.6) is 0 Å². The van der Waals surface area contributed by atoms with Gasteiger partial charge in [0.05, 0.1) is 6.20 Å². The van der Waals surface area contributed by atoms with E-state index in [2.05, 4.69) is 20.2 Å². The van der Waals surface area contributed by atoms with Gasteiger partial charge in [-0.05, 0) is 13.0 Å². The van der Waals surface area contributed by atoms with Gasteiger partial charge in [-0.2, -0.15) is 5.10 Å². The van der Waals surface area contributed by atoms with Crippen LogP contribution in [0.3, 0.4) is 0 Å². The summed E-state index contributed by atoms with van der Waals surface area (Å²) in [5.41, 5.74) is 0.546. The van der Waals surface area contributed by atoms with E-state index >= 15 is 0 Å². The molecule has 1 aromatic rings. The molecule has 3 N–H and O–H groups in total. The van der Waals surface area contributed by atoms with E-state index in [1.165, 1.54) is 6.20 Å². The summed E-state index contributed by atoms with van der Waals surface area (Å²) in [6, 6.07) is 0. The quantitative estimate of drug-likeness (QED) is 0.584. The maximum absolute atomic E-state index is 11.9. The van der Waals surface area contributed by atoms with Gasteiger partial charge in [-0.25, -0.2) is 17.5 Å². The van der Waals surface area contributed by atoms with E-state index in [4.69, 9.17) is 0 Å². The second-order valence-electron chi connectivity index (χ2n) is 3.49. The van der Waals surface area contributed by atoms with E-state index in [-0.39, 0.29) is 11.6 Å². The largest absolute Gasteiger partial charge is 0.313 e. The number of rotatable bonds is 8. The molecule has 0 saturated heterocycles. The third-order valence-electron chi connectivity index (χ3n) is 2.08. The Morgan fingerprint density at radius 2 is 2.24 bits per heavy atom. The van der Waals surface area contributed by atoms with Gasteiger partial charge in [-0.1, -0.05) is 6.92 Å². The first-order valence-electron chi connectivity index (χ1n) is 5.40. The summed E-state index contributed by atoms with van der Waals surface area (Å²) in [7, 11) is -3.69. The van der Waals surface area contributed by atoms with Crippen LogP contribution in [-0.2, 0) is 16.6 Å². The zero-order valence-electron chi connectivity index (χ0n) is 9.66. The van der Waals surface area contributed by atoms with Crippen molar-refractivity contribution < 1.29 is 12.8 Å². The highest BCUT2D eigenvalue weighted by atomic mass is 32.2. The van der Waals surface area contributed by atoms with Crippen LogP contribution in [-0.4, -0.2) is 38.4 Å². The van der Waals surface area contributed by atoms with Crippen LogP contribution in [0.4, 0.5) is 4.39 Å². The Morgan fingerprint density at radius 1 is 1.47 bits per heavy atom. The summed E-state index contributed by atoms with van der Waals surface area (Å²) >= 11 is 0. The van der Waals surface area contributed by atoms with Gasteiger partial charge in [-0.15, -0.1) is 0 Å². The Hall–Kier alpha value is -0.990. The van der Waals surface area contributed by atoms with E-state index in [0.29, 0.717) is 12.1 Å². The molecule has 1 aromatic heterocycles. The lowest BCUT2D eigenvalue weighted by molar-refractivity contribution is 0.485. The van der Waals surface area contributed by atoms with Crippen LogP contribution in [0, 0.1) is 0 Å². The SMILES string of the molecule is CCCNCc1cn[nH]c1S(=O)(=O)NCCF. The minimum absolute atomic E-state index is 0.00504. The van der Waals surface area contributed by atoms with Crippen LogP contribution in [0.2, 0.25) is 0 Å². The first-order valence-corrected chi connectivity index (χ1v) is 6.88. The summed E-state index contributed by atoms with van der Waals surface area (Å²) in [6.07, 6.45) is 2.41. The van der Waals surface area contributed by atoms with Crippen molar-refractivity contribution in [3.05, 3.63) is 11.8 Å². The Kier molecular flexibility index (Phi) is 5.52. The molecule has 0 unspecified atom stereocenters. The van der Waals surface area contributed by atoms with Gasteiger partial charge in [0.25, 0.3) is 10.0 Å². The van der Waals surface area contributed by atoms with Crippen LogP contribution in [0.25, 0.3) is 0 Å². The number of hydrogen-bond donors (Lipinski definition) is 3. The maximum Gasteiger partial charge on any atom is 0.257 e. The third kappa shape index (κ3) is 4.06. The van der Waals surface area contributed by atoms with Crippen molar-refractivity contribution in [3.8, 4) is 0 Å². The van der Waals surface area contributed by atoms with Gasteiger partial charge in [0, 0.05) is 18.7 Å². The van der Waals surface area contributed by atoms with E-state index in [1.54, 1.807) is 0 Å². The molecule has 0 fully saturated rings. The molecule has 0 aliphatic rings. The lowest BCUT2D eigenvalue weighted by atomic mass is 10.3. The topological polar surface area (TPSA) is 86.9 Å². The average Bonchev–Trinajstić information content (AvgIpc) is 2.76. The molecule has 98 valence electrons. The van der Waals surface area contributed by atoms with Gasteiger partial charge in [0.1, 0.15) is 6.67 Å². The summed E-state index contributed by atoms with van der Waals surface area (Å²) in [5.74, 6) is 0. The number of sulfonamides is 1. The molecule has 1 rings (SSSR count). The number of alkyl halides is 1. The molecule has 1 heterocycles. The zero-order valence-corrected chi connectivity index (χ0v) is 10.5. The fourth-order valence-electron chi connectivity index (χ4n) is 1.30. The van der Waals surface area contributed by atoms with E-state index in [1.807, 2.05) is 6.92 Å². The Labute approximate surface area is 100 Å². The fraction of sp³-hybridized carbons (Fsp3) is 0.667. The van der Waals surface area contributed by atoms with Crippen molar-refractivity contribution in [3.63, 3.8) is 0 Å². The van der Waals surface area contributed by atoms with Gasteiger partial charge >= 0.3 is 0 Å². The van der Waals surface area contributed by atoms with E-state index < -0.39 is 16.7 Å². The molecule has 0 aromatic carbocycles. The van der Waals surface area contributed by atoms with Crippen molar-refractivity contribution in [1.29, 1.82) is 0 Å². The number of nitrogens with zero attached hydrogens (tertiary/aromatic N) is 1.